The number of ether oxygens (including phenoxy) is 1. The van der Waals surface area contributed by atoms with Crippen molar-refractivity contribution in [3.05, 3.63) is 52.8 Å². The Morgan fingerprint density at radius 3 is 2.46 bits per heavy atom. The Bertz CT molecular complexity index is 1010. The Morgan fingerprint density at radius 1 is 1.14 bits per heavy atom. The molecule has 1 aromatic carbocycles. The molecule has 2 heterocycles. The summed E-state index contributed by atoms with van der Waals surface area (Å²) < 4.78 is 10.6. The van der Waals surface area contributed by atoms with E-state index in [-0.39, 0.29) is 5.92 Å². The van der Waals surface area contributed by atoms with Gasteiger partial charge in [0.15, 0.2) is 0 Å². The van der Waals surface area contributed by atoms with E-state index in [0.29, 0.717) is 46.0 Å². The van der Waals surface area contributed by atoms with Gasteiger partial charge in [-0.05, 0) is 50.1 Å². The van der Waals surface area contributed by atoms with E-state index in [4.69, 9.17) is 9.26 Å². The molecule has 0 saturated heterocycles. The molecular weight excluding hydrogens is 360 g/mol. The molecule has 0 bridgehead atoms. The number of amides is 2. The van der Waals surface area contributed by atoms with Crippen molar-refractivity contribution < 1.29 is 18.8 Å². The number of hydrogen-bond donors (Lipinski definition) is 2. The Balaban J connectivity index is 1.77. The molecule has 0 saturated carbocycles. The quantitative estimate of drug-likeness (QED) is 0.657. The number of fused-ring (bicyclic) bond motifs is 1. The number of pyridine rings is 1. The van der Waals surface area contributed by atoms with Gasteiger partial charge >= 0.3 is 0 Å². The molecule has 0 unspecified atom stereocenters. The summed E-state index contributed by atoms with van der Waals surface area (Å²) in [6, 6.07) is 8.33. The Kier molecular flexibility index (Phi) is 5.58. The fourth-order valence-corrected chi connectivity index (χ4v) is 2.71. The van der Waals surface area contributed by atoms with Crippen molar-refractivity contribution in [1.82, 2.24) is 21.0 Å². The van der Waals surface area contributed by atoms with Gasteiger partial charge in [0.05, 0.1) is 23.3 Å². The molecule has 0 fully saturated rings. The molecule has 8 heteroatoms. The van der Waals surface area contributed by atoms with Gasteiger partial charge in [0.25, 0.3) is 17.5 Å². The van der Waals surface area contributed by atoms with Gasteiger partial charge in [-0.2, -0.15) is 0 Å². The molecule has 3 aromatic rings. The first kappa shape index (κ1) is 19.3. The SMILES string of the molecule is CCOc1ccc(C(=O)NNC(=O)c2cc(C(C)C)nc3onc(C)c23)cc1. The first-order valence-corrected chi connectivity index (χ1v) is 9.01. The zero-order valence-corrected chi connectivity index (χ0v) is 16.2. The number of carbonyl (C=O) groups excluding carboxylic acids is 2. The molecule has 28 heavy (non-hydrogen) atoms. The number of nitrogens with zero attached hydrogens (tertiary/aromatic N) is 2. The molecule has 0 atom stereocenters. The van der Waals surface area contributed by atoms with Gasteiger partial charge < -0.3 is 9.26 Å². The van der Waals surface area contributed by atoms with E-state index in [2.05, 4.69) is 21.0 Å². The van der Waals surface area contributed by atoms with Crippen LogP contribution in [0.15, 0.2) is 34.9 Å². The van der Waals surface area contributed by atoms with Crippen LogP contribution in [0.25, 0.3) is 11.1 Å². The van der Waals surface area contributed by atoms with Crippen LogP contribution in [0.4, 0.5) is 0 Å². The maximum atomic E-state index is 12.7. The van der Waals surface area contributed by atoms with Crippen LogP contribution in [-0.4, -0.2) is 28.6 Å². The van der Waals surface area contributed by atoms with Crippen LogP contribution >= 0.6 is 0 Å². The fourth-order valence-electron chi connectivity index (χ4n) is 2.71. The topological polar surface area (TPSA) is 106 Å². The van der Waals surface area contributed by atoms with Crippen molar-refractivity contribution in [3.8, 4) is 5.75 Å². The number of aromatic nitrogens is 2. The summed E-state index contributed by atoms with van der Waals surface area (Å²) >= 11 is 0. The minimum Gasteiger partial charge on any atom is -0.494 e. The number of hydrazine groups is 1. The van der Waals surface area contributed by atoms with Gasteiger partial charge in [-0.15, -0.1) is 0 Å². The molecule has 2 aromatic heterocycles. The van der Waals surface area contributed by atoms with Crippen LogP contribution in [0.5, 0.6) is 5.75 Å². The molecule has 146 valence electrons. The Morgan fingerprint density at radius 2 is 1.82 bits per heavy atom. The van der Waals surface area contributed by atoms with Gasteiger partial charge in [0, 0.05) is 11.3 Å². The largest absolute Gasteiger partial charge is 0.494 e. The number of hydrogen-bond acceptors (Lipinski definition) is 6. The summed E-state index contributed by atoms with van der Waals surface area (Å²) in [5, 5.41) is 4.41. The van der Waals surface area contributed by atoms with Gasteiger partial charge in [-0.25, -0.2) is 4.98 Å². The fraction of sp³-hybridized carbons (Fsp3) is 0.300. The van der Waals surface area contributed by atoms with Crippen LogP contribution < -0.4 is 15.6 Å². The summed E-state index contributed by atoms with van der Waals surface area (Å²) in [6.45, 7) is 8.09. The van der Waals surface area contributed by atoms with E-state index in [1.165, 1.54) is 0 Å². The van der Waals surface area contributed by atoms with Crippen LogP contribution in [0.3, 0.4) is 0 Å². The third-order valence-electron chi connectivity index (χ3n) is 4.19. The van der Waals surface area contributed by atoms with Crippen LogP contribution in [0.1, 0.15) is 58.8 Å². The van der Waals surface area contributed by atoms with E-state index < -0.39 is 11.8 Å². The van der Waals surface area contributed by atoms with Crippen molar-refractivity contribution >= 4 is 22.9 Å². The molecular formula is C20H22N4O4. The summed E-state index contributed by atoms with van der Waals surface area (Å²) in [5.74, 6) is -0.140. The number of benzene rings is 1. The van der Waals surface area contributed by atoms with E-state index in [0.717, 1.165) is 0 Å². The lowest BCUT2D eigenvalue weighted by Crippen LogP contribution is -2.41. The minimum atomic E-state index is -0.472. The first-order chi connectivity index (χ1) is 13.4. The van der Waals surface area contributed by atoms with E-state index in [9.17, 15) is 9.59 Å². The second kappa shape index (κ2) is 8.08. The van der Waals surface area contributed by atoms with Crippen LogP contribution in [0, 0.1) is 6.92 Å². The predicted octanol–water partition coefficient (Wildman–Crippen LogP) is 3.13. The monoisotopic (exact) mass is 382 g/mol. The summed E-state index contributed by atoms with van der Waals surface area (Å²) in [7, 11) is 0. The number of carbonyl (C=O) groups is 2. The first-order valence-electron chi connectivity index (χ1n) is 9.01. The summed E-state index contributed by atoms with van der Waals surface area (Å²) in [5.41, 5.74) is 7.17. The molecule has 0 aliphatic heterocycles. The zero-order valence-electron chi connectivity index (χ0n) is 16.2. The number of aryl methyl sites for hydroxylation is 1. The maximum Gasteiger partial charge on any atom is 0.270 e. The van der Waals surface area contributed by atoms with Gasteiger partial charge in [-0.3, -0.25) is 20.4 Å². The normalized spacial score (nSPS) is 10.9. The van der Waals surface area contributed by atoms with Gasteiger partial charge in [0.2, 0.25) is 0 Å². The third kappa shape index (κ3) is 3.95. The second-order valence-corrected chi connectivity index (χ2v) is 6.56. The zero-order chi connectivity index (χ0) is 20.3. The molecule has 8 nitrogen and oxygen atoms in total. The predicted molar refractivity (Wildman–Crippen MR) is 103 cm³/mol. The highest BCUT2D eigenvalue weighted by molar-refractivity contribution is 6.07. The van der Waals surface area contributed by atoms with Crippen molar-refractivity contribution in [2.45, 2.75) is 33.6 Å². The molecule has 2 amide bonds. The van der Waals surface area contributed by atoms with E-state index >= 15 is 0 Å². The molecule has 0 aliphatic rings. The maximum absolute atomic E-state index is 12.7. The molecule has 0 aliphatic carbocycles. The van der Waals surface area contributed by atoms with E-state index in [1.54, 1.807) is 37.3 Å². The minimum absolute atomic E-state index is 0.0970. The van der Waals surface area contributed by atoms with Gasteiger partial charge in [0.1, 0.15) is 5.75 Å². The lowest BCUT2D eigenvalue weighted by Gasteiger charge is -2.11. The molecule has 0 spiro atoms. The summed E-state index contributed by atoms with van der Waals surface area (Å²) in [6.07, 6.45) is 0. The highest BCUT2D eigenvalue weighted by atomic mass is 16.5. The lowest BCUT2D eigenvalue weighted by molar-refractivity contribution is 0.0847. The standard InChI is InChI=1S/C20H22N4O4/c1-5-27-14-8-6-13(7-9-14)18(25)22-23-19(26)15-10-16(11(2)3)21-20-17(15)12(4)24-28-20/h6-11H,5H2,1-4H3,(H,22,25)(H,23,26). The second-order valence-electron chi connectivity index (χ2n) is 6.56. The third-order valence-corrected chi connectivity index (χ3v) is 4.19. The van der Waals surface area contributed by atoms with Crippen molar-refractivity contribution in [3.63, 3.8) is 0 Å². The van der Waals surface area contributed by atoms with Crippen molar-refractivity contribution in [1.29, 1.82) is 0 Å². The van der Waals surface area contributed by atoms with Crippen LogP contribution in [0.2, 0.25) is 0 Å². The highest BCUT2D eigenvalue weighted by Gasteiger charge is 2.20. The van der Waals surface area contributed by atoms with E-state index in [1.807, 2.05) is 20.8 Å². The highest BCUT2D eigenvalue weighted by Crippen LogP contribution is 2.25. The smallest absolute Gasteiger partial charge is 0.270 e. The molecule has 2 N–H and O–H groups in total. The van der Waals surface area contributed by atoms with Gasteiger partial charge in [-0.1, -0.05) is 19.0 Å². The Labute approximate surface area is 162 Å². The average Bonchev–Trinajstić information content (AvgIpc) is 3.07. The van der Waals surface area contributed by atoms with Crippen molar-refractivity contribution in [2.75, 3.05) is 6.61 Å². The Hall–Kier alpha value is -3.42. The lowest BCUT2D eigenvalue weighted by atomic mass is 10.0. The van der Waals surface area contributed by atoms with Crippen molar-refractivity contribution in [2.24, 2.45) is 0 Å². The molecule has 3 rings (SSSR count). The summed E-state index contributed by atoms with van der Waals surface area (Å²) in [4.78, 5) is 29.4. The number of rotatable bonds is 5. The van der Waals surface area contributed by atoms with Crippen LogP contribution in [-0.2, 0) is 0 Å². The molecule has 0 radical (unpaired) electrons. The number of nitrogens with one attached hydrogen (secondary N) is 2. The average molecular weight is 382 g/mol.